The van der Waals surface area contributed by atoms with Gasteiger partial charge in [0.25, 0.3) is 0 Å². The standard InChI is InChI=1S/C16H12BrN3S/c17-12-4-2-6-14(15(12)16(18)21)20-13-5-1-3-10-7-8-19-9-11(10)13/h1-9,20H,(H2,18,21). The highest BCUT2D eigenvalue weighted by atomic mass is 79.9. The molecule has 0 amide bonds. The van der Waals surface area contributed by atoms with Gasteiger partial charge in [-0.25, -0.2) is 0 Å². The number of nitrogens with one attached hydrogen (secondary N) is 1. The maximum atomic E-state index is 5.83. The first-order valence-electron chi connectivity index (χ1n) is 6.35. The molecule has 2 aromatic carbocycles. The van der Waals surface area contributed by atoms with Crippen LogP contribution in [0.3, 0.4) is 0 Å². The number of pyridine rings is 1. The van der Waals surface area contributed by atoms with Crippen molar-refractivity contribution >= 4 is 55.3 Å². The summed E-state index contributed by atoms with van der Waals surface area (Å²) >= 11 is 8.64. The first-order valence-corrected chi connectivity index (χ1v) is 7.55. The van der Waals surface area contributed by atoms with Crippen molar-refractivity contribution in [3.8, 4) is 0 Å². The molecule has 5 heteroatoms. The Bertz CT molecular complexity index is 827. The Morgan fingerprint density at radius 2 is 1.86 bits per heavy atom. The molecular formula is C16H12BrN3S. The van der Waals surface area contributed by atoms with Crippen molar-refractivity contribution in [2.75, 3.05) is 5.32 Å². The molecule has 0 saturated heterocycles. The molecule has 104 valence electrons. The molecule has 21 heavy (non-hydrogen) atoms. The van der Waals surface area contributed by atoms with Crippen LogP contribution in [0.2, 0.25) is 0 Å². The molecule has 3 rings (SSSR count). The number of nitrogens with zero attached hydrogens (tertiary/aromatic N) is 1. The number of aromatic nitrogens is 1. The number of anilines is 2. The number of thiocarbonyl (C=S) groups is 1. The summed E-state index contributed by atoms with van der Waals surface area (Å²) in [5.41, 5.74) is 8.47. The molecule has 3 N–H and O–H groups in total. The zero-order valence-corrected chi connectivity index (χ0v) is 13.4. The predicted octanol–water partition coefficient (Wildman–Crippen LogP) is 4.38. The summed E-state index contributed by atoms with van der Waals surface area (Å²) in [4.78, 5) is 4.54. The van der Waals surface area contributed by atoms with Gasteiger partial charge in [0.05, 0.1) is 0 Å². The second-order valence-electron chi connectivity index (χ2n) is 4.55. The predicted molar refractivity (Wildman–Crippen MR) is 95.1 cm³/mol. The monoisotopic (exact) mass is 357 g/mol. The number of benzene rings is 2. The first-order chi connectivity index (χ1) is 10.2. The fraction of sp³-hybridized carbons (Fsp3) is 0. The Morgan fingerprint density at radius 1 is 1.10 bits per heavy atom. The minimum Gasteiger partial charge on any atom is -0.389 e. The largest absolute Gasteiger partial charge is 0.389 e. The molecule has 0 unspecified atom stereocenters. The van der Waals surface area contributed by atoms with Crippen molar-refractivity contribution < 1.29 is 0 Å². The van der Waals surface area contributed by atoms with E-state index in [1.807, 2.05) is 42.6 Å². The van der Waals surface area contributed by atoms with Crippen LogP contribution in [-0.4, -0.2) is 9.97 Å². The van der Waals surface area contributed by atoms with E-state index in [1.165, 1.54) is 0 Å². The van der Waals surface area contributed by atoms with Crippen molar-refractivity contribution in [3.05, 3.63) is 64.9 Å². The average molecular weight is 358 g/mol. The van der Waals surface area contributed by atoms with E-state index in [0.717, 1.165) is 32.2 Å². The number of nitrogens with two attached hydrogens (primary N) is 1. The van der Waals surface area contributed by atoms with Gasteiger partial charge in [0.2, 0.25) is 0 Å². The lowest BCUT2D eigenvalue weighted by atomic mass is 10.1. The van der Waals surface area contributed by atoms with E-state index in [-0.39, 0.29) is 0 Å². The van der Waals surface area contributed by atoms with E-state index >= 15 is 0 Å². The number of hydrogen-bond donors (Lipinski definition) is 2. The van der Waals surface area contributed by atoms with E-state index in [1.54, 1.807) is 6.20 Å². The highest BCUT2D eigenvalue weighted by Crippen LogP contribution is 2.30. The third-order valence-corrected chi connectivity index (χ3v) is 4.08. The Kier molecular flexibility index (Phi) is 3.86. The van der Waals surface area contributed by atoms with Crippen molar-refractivity contribution in [1.82, 2.24) is 4.98 Å². The molecule has 0 bridgehead atoms. The molecule has 3 nitrogen and oxygen atoms in total. The molecule has 1 heterocycles. The molecule has 0 spiro atoms. The molecule has 0 aliphatic heterocycles. The Morgan fingerprint density at radius 3 is 2.67 bits per heavy atom. The molecule has 3 aromatic rings. The average Bonchev–Trinajstić information content (AvgIpc) is 2.47. The highest BCUT2D eigenvalue weighted by molar-refractivity contribution is 9.10. The molecular weight excluding hydrogens is 346 g/mol. The Balaban J connectivity index is 2.12. The maximum Gasteiger partial charge on any atom is 0.107 e. The summed E-state index contributed by atoms with van der Waals surface area (Å²) in [6.45, 7) is 0. The summed E-state index contributed by atoms with van der Waals surface area (Å²) in [5, 5.41) is 5.58. The van der Waals surface area contributed by atoms with E-state index in [4.69, 9.17) is 18.0 Å². The third kappa shape index (κ3) is 2.75. The van der Waals surface area contributed by atoms with Gasteiger partial charge < -0.3 is 11.1 Å². The summed E-state index contributed by atoms with van der Waals surface area (Å²) in [5.74, 6) is 0. The summed E-state index contributed by atoms with van der Waals surface area (Å²) in [7, 11) is 0. The van der Waals surface area contributed by atoms with E-state index in [0.29, 0.717) is 4.99 Å². The zero-order valence-electron chi connectivity index (χ0n) is 11.0. The maximum absolute atomic E-state index is 5.83. The van der Waals surface area contributed by atoms with Gasteiger partial charge in [-0.05, 0) is 45.6 Å². The second kappa shape index (κ2) is 5.79. The van der Waals surface area contributed by atoms with Crippen LogP contribution in [0.15, 0.2) is 59.3 Å². The normalized spacial score (nSPS) is 10.5. The smallest absolute Gasteiger partial charge is 0.107 e. The fourth-order valence-corrected chi connectivity index (χ4v) is 3.18. The molecule has 1 aromatic heterocycles. The van der Waals surface area contributed by atoms with Crippen LogP contribution in [0.4, 0.5) is 11.4 Å². The van der Waals surface area contributed by atoms with Crippen molar-refractivity contribution in [1.29, 1.82) is 0 Å². The number of halogens is 1. The minimum absolute atomic E-state index is 0.350. The second-order valence-corrected chi connectivity index (χ2v) is 5.85. The summed E-state index contributed by atoms with van der Waals surface area (Å²) < 4.78 is 0.873. The van der Waals surface area contributed by atoms with E-state index in [9.17, 15) is 0 Å². The lowest BCUT2D eigenvalue weighted by Gasteiger charge is -2.14. The Labute approximate surface area is 136 Å². The van der Waals surface area contributed by atoms with Gasteiger partial charge in [0, 0.05) is 39.2 Å². The lowest BCUT2D eigenvalue weighted by Crippen LogP contribution is -2.12. The molecule has 0 aliphatic carbocycles. The van der Waals surface area contributed by atoms with Gasteiger partial charge in [-0.3, -0.25) is 4.98 Å². The van der Waals surface area contributed by atoms with Crippen molar-refractivity contribution in [2.24, 2.45) is 5.73 Å². The molecule has 0 aliphatic rings. The summed E-state index contributed by atoms with van der Waals surface area (Å²) in [6, 6.07) is 13.9. The van der Waals surface area contributed by atoms with Crippen molar-refractivity contribution in [2.45, 2.75) is 0 Å². The molecule has 0 atom stereocenters. The number of hydrogen-bond acceptors (Lipinski definition) is 3. The number of fused-ring (bicyclic) bond motifs is 1. The van der Waals surface area contributed by atoms with E-state index in [2.05, 4.69) is 32.3 Å². The van der Waals surface area contributed by atoms with Gasteiger partial charge in [0.15, 0.2) is 0 Å². The van der Waals surface area contributed by atoms with Gasteiger partial charge >= 0.3 is 0 Å². The van der Waals surface area contributed by atoms with Crippen LogP contribution < -0.4 is 11.1 Å². The third-order valence-electron chi connectivity index (χ3n) is 3.21. The van der Waals surface area contributed by atoms with Gasteiger partial charge in [-0.2, -0.15) is 0 Å². The van der Waals surface area contributed by atoms with Gasteiger partial charge in [-0.15, -0.1) is 0 Å². The topological polar surface area (TPSA) is 50.9 Å². The quantitative estimate of drug-likeness (QED) is 0.683. The van der Waals surface area contributed by atoms with E-state index < -0.39 is 0 Å². The first kappa shape index (κ1) is 14.0. The van der Waals surface area contributed by atoms with Crippen molar-refractivity contribution in [3.63, 3.8) is 0 Å². The van der Waals surface area contributed by atoms with Gasteiger partial charge in [-0.1, -0.05) is 30.4 Å². The highest BCUT2D eigenvalue weighted by Gasteiger charge is 2.10. The van der Waals surface area contributed by atoms with Gasteiger partial charge in [0.1, 0.15) is 4.99 Å². The Hall–Kier alpha value is -1.98. The minimum atomic E-state index is 0.350. The van der Waals surface area contributed by atoms with Crippen LogP contribution in [0.1, 0.15) is 5.56 Å². The lowest BCUT2D eigenvalue weighted by molar-refractivity contribution is 1.36. The molecule has 0 fully saturated rings. The van der Waals surface area contributed by atoms with Crippen LogP contribution in [0, 0.1) is 0 Å². The van der Waals surface area contributed by atoms with Crippen LogP contribution in [0.25, 0.3) is 10.8 Å². The fourth-order valence-electron chi connectivity index (χ4n) is 2.25. The van der Waals surface area contributed by atoms with Crippen LogP contribution >= 0.6 is 28.1 Å². The van der Waals surface area contributed by atoms with Crippen LogP contribution in [-0.2, 0) is 0 Å². The summed E-state index contributed by atoms with van der Waals surface area (Å²) in [6.07, 6.45) is 3.63. The number of rotatable bonds is 3. The SMILES string of the molecule is NC(=S)c1c(Br)cccc1Nc1cccc2ccncc12. The zero-order chi connectivity index (χ0) is 14.8. The molecule has 0 saturated carbocycles. The van der Waals surface area contributed by atoms with Crippen LogP contribution in [0.5, 0.6) is 0 Å². The molecule has 0 radical (unpaired) electrons.